The molecule has 0 aliphatic heterocycles. The molecule has 0 saturated heterocycles. The molecule has 2 aromatic heterocycles. The molecule has 6 heteroatoms. The molecule has 3 aromatic rings. The van der Waals surface area contributed by atoms with Crippen LogP contribution in [0, 0.1) is 22.7 Å². The largest absolute Gasteiger partial charge is 0.249 e. The fraction of sp³-hybridized carbons (Fsp3) is 0.100. The minimum atomic E-state index is 0.606. The molecule has 0 atom stereocenters. The lowest BCUT2D eigenvalue weighted by Gasteiger charge is -2.06. The lowest BCUT2D eigenvalue weighted by Crippen LogP contribution is -1.89. The summed E-state index contributed by atoms with van der Waals surface area (Å²) in [5, 5.41) is 19.7. The van der Waals surface area contributed by atoms with Crippen LogP contribution >= 0.6 is 23.5 Å². The zero-order valence-electron chi connectivity index (χ0n) is 13.8. The summed E-state index contributed by atoms with van der Waals surface area (Å²) in [6.07, 6.45) is 3.41. The third-order valence-corrected chi connectivity index (χ3v) is 5.71. The first-order valence-electron chi connectivity index (χ1n) is 7.84. The van der Waals surface area contributed by atoms with Crippen molar-refractivity contribution in [1.82, 2.24) is 9.97 Å². The lowest BCUT2D eigenvalue weighted by molar-refractivity contribution is 1.11. The summed E-state index contributed by atoms with van der Waals surface area (Å²) in [6, 6.07) is 19.8. The van der Waals surface area contributed by atoms with Crippen molar-refractivity contribution in [3.8, 4) is 12.1 Å². The Kier molecular flexibility index (Phi) is 6.27. The number of thioether (sulfide) groups is 2. The summed E-state index contributed by atoms with van der Waals surface area (Å²) in [4.78, 5) is 8.53. The van der Waals surface area contributed by atoms with E-state index in [-0.39, 0.29) is 0 Å². The average molecular weight is 374 g/mol. The van der Waals surface area contributed by atoms with Gasteiger partial charge in [-0.2, -0.15) is 10.5 Å². The van der Waals surface area contributed by atoms with Crippen LogP contribution in [0.1, 0.15) is 22.3 Å². The van der Waals surface area contributed by atoms with Crippen molar-refractivity contribution >= 4 is 23.5 Å². The van der Waals surface area contributed by atoms with E-state index in [1.54, 1.807) is 60.2 Å². The van der Waals surface area contributed by atoms with E-state index in [1.165, 1.54) is 11.1 Å². The van der Waals surface area contributed by atoms with Crippen LogP contribution in [0.2, 0.25) is 0 Å². The summed E-state index contributed by atoms with van der Waals surface area (Å²) < 4.78 is 0. The Morgan fingerprint density at radius 3 is 1.50 bits per heavy atom. The highest BCUT2D eigenvalue weighted by Gasteiger charge is 2.06. The molecule has 0 N–H and O–H groups in total. The van der Waals surface area contributed by atoms with Crippen LogP contribution in [0.5, 0.6) is 0 Å². The Labute approximate surface area is 160 Å². The first-order valence-corrected chi connectivity index (χ1v) is 9.81. The lowest BCUT2D eigenvalue weighted by atomic mass is 10.2. The number of nitrogens with zero attached hydrogens (tertiary/aromatic N) is 4. The Balaban J connectivity index is 1.59. The van der Waals surface area contributed by atoms with Gasteiger partial charge in [0, 0.05) is 23.9 Å². The van der Waals surface area contributed by atoms with Crippen LogP contribution in [-0.2, 0) is 11.5 Å². The van der Waals surface area contributed by atoms with Gasteiger partial charge in [-0.15, -0.1) is 23.5 Å². The predicted molar refractivity (Wildman–Crippen MR) is 103 cm³/mol. The van der Waals surface area contributed by atoms with E-state index in [0.29, 0.717) is 11.1 Å². The summed E-state index contributed by atoms with van der Waals surface area (Å²) in [6.45, 7) is 0. The van der Waals surface area contributed by atoms with E-state index in [4.69, 9.17) is 10.5 Å². The van der Waals surface area contributed by atoms with Gasteiger partial charge in [0.1, 0.15) is 22.2 Å². The van der Waals surface area contributed by atoms with Crippen LogP contribution in [0.15, 0.2) is 71.0 Å². The summed E-state index contributed by atoms with van der Waals surface area (Å²) in [7, 11) is 0. The number of pyridine rings is 2. The topological polar surface area (TPSA) is 73.4 Å². The fourth-order valence-corrected chi connectivity index (χ4v) is 4.02. The maximum absolute atomic E-state index is 9.11. The highest BCUT2D eigenvalue weighted by molar-refractivity contribution is 7.98. The van der Waals surface area contributed by atoms with E-state index in [1.807, 2.05) is 0 Å². The van der Waals surface area contributed by atoms with Crippen LogP contribution < -0.4 is 0 Å². The smallest absolute Gasteiger partial charge is 0.114 e. The van der Waals surface area contributed by atoms with Crippen molar-refractivity contribution in [2.24, 2.45) is 0 Å². The van der Waals surface area contributed by atoms with Crippen molar-refractivity contribution < 1.29 is 0 Å². The van der Waals surface area contributed by atoms with Crippen molar-refractivity contribution in [3.05, 3.63) is 83.2 Å². The minimum absolute atomic E-state index is 0.606. The van der Waals surface area contributed by atoms with Gasteiger partial charge in [-0.05, 0) is 35.4 Å². The standard InChI is InChI=1S/C20H14N4S2/c21-11-17-3-1-9-23-19(17)25-13-15-5-7-16(8-6-15)14-26-20-18(12-22)4-2-10-24-20/h1-10H,13-14H2. The molecule has 1 aromatic carbocycles. The van der Waals surface area contributed by atoms with Gasteiger partial charge in [0.05, 0.1) is 11.1 Å². The molecule has 0 amide bonds. The maximum Gasteiger partial charge on any atom is 0.114 e. The quantitative estimate of drug-likeness (QED) is 0.577. The van der Waals surface area contributed by atoms with Gasteiger partial charge in [-0.1, -0.05) is 24.3 Å². The second kappa shape index (κ2) is 9.05. The summed E-state index contributed by atoms with van der Waals surface area (Å²) in [5.74, 6) is 1.52. The zero-order valence-corrected chi connectivity index (χ0v) is 15.4. The molecule has 126 valence electrons. The van der Waals surface area contributed by atoms with Gasteiger partial charge in [-0.3, -0.25) is 0 Å². The van der Waals surface area contributed by atoms with Gasteiger partial charge in [0.15, 0.2) is 0 Å². The molecule has 0 unspecified atom stereocenters. The SMILES string of the molecule is N#Cc1cccnc1SCc1ccc(CSc2ncccc2C#N)cc1. The summed E-state index contributed by atoms with van der Waals surface area (Å²) >= 11 is 3.12. The second-order valence-electron chi connectivity index (χ2n) is 5.33. The normalized spacial score (nSPS) is 10.1. The Hall–Kier alpha value is -2.80. The van der Waals surface area contributed by atoms with Gasteiger partial charge >= 0.3 is 0 Å². The first kappa shape index (κ1) is 18.0. The molecular formula is C20H14N4S2. The maximum atomic E-state index is 9.11. The summed E-state index contributed by atoms with van der Waals surface area (Å²) in [5.41, 5.74) is 3.56. The van der Waals surface area contributed by atoms with E-state index in [2.05, 4.69) is 46.4 Å². The van der Waals surface area contributed by atoms with Crippen molar-refractivity contribution in [3.63, 3.8) is 0 Å². The van der Waals surface area contributed by atoms with E-state index < -0.39 is 0 Å². The highest BCUT2D eigenvalue weighted by atomic mass is 32.2. The molecular weight excluding hydrogens is 360 g/mol. The number of aromatic nitrogens is 2. The molecule has 4 nitrogen and oxygen atoms in total. The number of nitriles is 2. The van der Waals surface area contributed by atoms with Gasteiger partial charge < -0.3 is 0 Å². The number of hydrogen-bond donors (Lipinski definition) is 0. The monoisotopic (exact) mass is 374 g/mol. The molecule has 0 saturated carbocycles. The molecule has 0 radical (unpaired) electrons. The van der Waals surface area contributed by atoms with Crippen molar-refractivity contribution in [2.45, 2.75) is 21.6 Å². The number of benzene rings is 1. The third kappa shape index (κ3) is 4.64. The molecule has 26 heavy (non-hydrogen) atoms. The van der Waals surface area contributed by atoms with Gasteiger partial charge in [-0.25, -0.2) is 9.97 Å². The predicted octanol–water partition coefficient (Wildman–Crippen LogP) is 4.80. The Morgan fingerprint density at radius 2 is 1.12 bits per heavy atom. The zero-order chi connectivity index (χ0) is 18.2. The third-order valence-electron chi connectivity index (χ3n) is 3.56. The van der Waals surface area contributed by atoms with E-state index in [9.17, 15) is 0 Å². The molecule has 0 fully saturated rings. The number of rotatable bonds is 6. The Morgan fingerprint density at radius 1 is 0.692 bits per heavy atom. The molecule has 2 heterocycles. The van der Waals surface area contributed by atoms with Crippen LogP contribution in [0.4, 0.5) is 0 Å². The minimum Gasteiger partial charge on any atom is -0.249 e. The van der Waals surface area contributed by atoms with Crippen molar-refractivity contribution in [1.29, 1.82) is 10.5 Å². The molecule has 3 rings (SSSR count). The van der Waals surface area contributed by atoms with Crippen LogP contribution in [-0.4, -0.2) is 9.97 Å². The Bertz CT molecular complexity index is 892. The molecule has 0 aliphatic rings. The van der Waals surface area contributed by atoms with E-state index >= 15 is 0 Å². The van der Waals surface area contributed by atoms with Gasteiger partial charge in [0.25, 0.3) is 0 Å². The number of hydrogen-bond acceptors (Lipinski definition) is 6. The fourth-order valence-electron chi connectivity index (χ4n) is 2.22. The van der Waals surface area contributed by atoms with E-state index in [0.717, 1.165) is 21.6 Å². The van der Waals surface area contributed by atoms with Gasteiger partial charge in [0.2, 0.25) is 0 Å². The molecule has 0 bridgehead atoms. The van der Waals surface area contributed by atoms with Crippen molar-refractivity contribution in [2.75, 3.05) is 0 Å². The first-order chi connectivity index (χ1) is 12.8. The average Bonchev–Trinajstić information content (AvgIpc) is 2.72. The van der Waals surface area contributed by atoms with Crippen LogP contribution in [0.3, 0.4) is 0 Å². The van der Waals surface area contributed by atoms with Crippen LogP contribution in [0.25, 0.3) is 0 Å². The second-order valence-corrected chi connectivity index (χ2v) is 7.26. The molecule has 0 spiro atoms. The molecule has 0 aliphatic carbocycles. The highest BCUT2D eigenvalue weighted by Crippen LogP contribution is 2.26.